The lowest BCUT2D eigenvalue weighted by Crippen LogP contribution is -2.30. The van der Waals surface area contributed by atoms with Crippen LogP contribution in [0.15, 0.2) is 59.7 Å². The fourth-order valence-corrected chi connectivity index (χ4v) is 3.17. The zero-order valence-corrected chi connectivity index (χ0v) is 15.8. The minimum Gasteiger partial charge on any atom is -0.489 e. The number of hydrogen-bond acceptors (Lipinski definition) is 6. The smallest absolute Gasteiger partial charge is 0.223 e. The van der Waals surface area contributed by atoms with Gasteiger partial charge in [-0.05, 0) is 29.7 Å². The fraction of sp³-hybridized carbons (Fsp3) is 0.381. The molecule has 2 atom stereocenters. The lowest BCUT2D eigenvalue weighted by atomic mass is 10.1. The van der Waals surface area contributed by atoms with Crippen LogP contribution in [0.1, 0.15) is 23.5 Å². The number of hydrazine groups is 1. The lowest BCUT2D eigenvalue weighted by molar-refractivity contribution is -0.0106. The Labute approximate surface area is 160 Å². The van der Waals surface area contributed by atoms with Crippen molar-refractivity contribution in [3.8, 4) is 5.75 Å². The summed E-state index contributed by atoms with van der Waals surface area (Å²) in [7, 11) is 3.90. The maximum atomic E-state index is 5.86. The van der Waals surface area contributed by atoms with Crippen LogP contribution >= 0.6 is 0 Å². The van der Waals surface area contributed by atoms with E-state index in [1.807, 2.05) is 37.3 Å². The summed E-state index contributed by atoms with van der Waals surface area (Å²) in [5, 5.41) is 11.7. The number of ether oxygens (including phenoxy) is 2. The Hall–Kier alpha value is -2.57. The molecule has 1 heterocycles. The van der Waals surface area contributed by atoms with Crippen LogP contribution in [0.5, 0.6) is 5.75 Å². The molecule has 2 aromatic rings. The van der Waals surface area contributed by atoms with E-state index in [1.54, 1.807) is 5.12 Å². The number of benzene rings is 2. The second-order valence-corrected chi connectivity index (χ2v) is 7.16. The summed E-state index contributed by atoms with van der Waals surface area (Å²) in [6, 6.07) is 19.2. The minimum absolute atomic E-state index is 0.487. The Morgan fingerprint density at radius 3 is 2.63 bits per heavy atom. The van der Waals surface area contributed by atoms with E-state index in [1.165, 1.54) is 11.1 Å². The van der Waals surface area contributed by atoms with Crippen LogP contribution in [-0.4, -0.2) is 49.4 Å². The minimum atomic E-state index is 0.487. The van der Waals surface area contributed by atoms with Crippen molar-refractivity contribution in [3.05, 3.63) is 65.7 Å². The summed E-state index contributed by atoms with van der Waals surface area (Å²) in [5.41, 5.74) is 2.53. The lowest BCUT2D eigenvalue weighted by Gasteiger charge is -2.18. The quantitative estimate of drug-likeness (QED) is 0.779. The van der Waals surface area contributed by atoms with Crippen molar-refractivity contribution in [2.45, 2.75) is 25.0 Å². The van der Waals surface area contributed by atoms with E-state index < -0.39 is 0 Å². The molecule has 1 aliphatic carbocycles. The predicted octanol–water partition coefficient (Wildman–Crippen LogP) is 2.79. The van der Waals surface area contributed by atoms with Crippen molar-refractivity contribution in [1.29, 1.82) is 0 Å². The van der Waals surface area contributed by atoms with Crippen LogP contribution in [-0.2, 0) is 11.3 Å². The third kappa shape index (κ3) is 4.59. The number of nitrogens with zero attached hydrogens (tertiary/aromatic N) is 3. The van der Waals surface area contributed by atoms with Crippen molar-refractivity contribution in [1.82, 2.24) is 15.4 Å². The van der Waals surface area contributed by atoms with E-state index in [0.717, 1.165) is 18.1 Å². The second kappa shape index (κ2) is 7.98. The Morgan fingerprint density at radius 2 is 1.93 bits per heavy atom. The molecule has 0 aromatic heterocycles. The van der Waals surface area contributed by atoms with Gasteiger partial charge in [0.2, 0.25) is 5.90 Å². The van der Waals surface area contributed by atoms with E-state index in [0.29, 0.717) is 31.8 Å². The summed E-state index contributed by atoms with van der Waals surface area (Å²) < 4.78 is 11.4. The number of hydrogen-bond donors (Lipinski definition) is 1. The van der Waals surface area contributed by atoms with Gasteiger partial charge in [-0.2, -0.15) is 5.12 Å². The number of rotatable bonds is 8. The maximum absolute atomic E-state index is 5.86. The molecule has 0 radical (unpaired) electrons. The van der Waals surface area contributed by atoms with E-state index in [9.17, 15) is 0 Å². The summed E-state index contributed by atoms with van der Waals surface area (Å²) in [5.74, 6) is 2.21. The summed E-state index contributed by atoms with van der Waals surface area (Å²) in [4.78, 5) is 0. The molecule has 1 fully saturated rings. The maximum Gasteiger partial charge on any atom is 0.223 e. The van der Waals surface area contributed by atoms with Crippen molar-refractivity contribution >= 4 is 5.90 Å². The summed E-state index contributed by atoms with van der Waals surface area (Å²) >= 11 is 0. The zero-order chi connectivity index (χ0) is 18.6. The van der Waals surface area contributed by atoms with Gasteiger partial charge in [-0.15, -0.1) is 5.10 Å². The molecule has 2 unspecified atom stereocenters. The average Bonchev–Trinajstić information content (AvgIpc) is 3.31. The van der Waals surface area contributed by atoms with Gasteiger partial charge in [0.05, 0.1) is 6.54 Å². The van der Waals surface area contributed by atoms with Gasteiger partial charge in [0, 0.05) is 26.1 Å². The first-order chi connectivity index (χ1) is 13.2. The van der Waals surface area contributed by atoms with Crippen LogP contribution in [0.4, 0.5) is 0 Å². The predicted molar refractivity (Wildman–Crippen MR) is 105 cm³/mol. The molecule has 6 nitrogen and oxygen atoms in total. The van der Waals surface area contributed by atoms with Crippen molar-refractivity contribution in [2.24, 2.45) is 5.10 Å². The van der Waals surface area contributed by atoms with E-state index in [-0.39, 0.29) is 0 Å². The SMILES string of the molecule is CN(C)N1COC(CNC2CC2c2ccc(OCc3ccccc3)cc2)=N1. The Kier molecular flexibility index (Phi) is 5.27. The normalized spacial score (nSPS) is 21.1. The van der Waals surface area contributed by atoms with Gasteiger partial charge in [0.15, 0.2) is 6.73 Å². The third-order valence-electron chi connectivity index (χ3n) is 4.90. The molecule has 4 rings (SSSR count). The average molecular weight is 366 g/mol. The van der Waals surface area contributed by atoms with Crippen molar-refractivity contribution in [2.75, 3.05) is 27.4 Å². The zero-order valence-electron chi connectivity index (χ0n) is 15.8. The Bertz CT molecular complexity index is 777. The second-order valence-electron chi connectivity index (χ2n) is 7.16. The van der Waals surface area contributed by atoms with E-state index in [4.69, 9.17) is 9.47 Å². The highest BCUT2D eigenvalue weighted by atomic mass is 16.5. The van der Waals surface area contributed by atoms with Gasteiger partial charge in [-0.3, -0.25) is 0 Å². The van der Waals surface area contributed by atoms with Gasteiger partial charge in [0.25, 0.3) is 0 Å². The van der Waals surface area contributed by atoms with Gasteiger partial charge in [-0.1, -0.05) is 42.5 Å². The highest BCUT2D eigenvalue weighted by Crippen LogP contribution is 2.41. The van der Waals surface area contributed by atoms with Crippen molar-refractivity contribution < 1.29 is 9.47 Å². The number of hydrazone groups is 1. The highest BCUT2D eigenvalue weighted by Gasteiger charge is 2.38. The van der Waals surface area contributed by atoms with E-state index >= 15 is 0 Å². The molecule has 0 bridgehead atoms. The van der Waals surface area contributed by atoms with Crippen LogP contribution in [0.3, 0.4) is 0 Å². The summed E-state index contributed by atoms with van der Waals surface area (Å²) in [6.07, 6.45) is 1.15. The molecule has 2 aliphatic rings. The molecule has 142 valence electrons. The molecule has 0 spiro atoms. The van der Waals surface area contributed by atoms with Gasteiger partial charge in [0.1, 0.15) is 12.4 Å². The van der Waals surface area contributed by atoms with Crippen LogP contribution in [0.2, 0.25) is 0 Å². The van der Waals surface area contributed by atoms with Crippen LogP contribution in [0.25, 0.3) is 0 Å². The van der Waals surface area contributed by atoms with Gasteiger partial charge in [-0.25, -0.2) is 5.01 Å². The molecule has 1 saturated carbocycles. The molecule has 0 amide bonds. The third-order valence-corrected chi connectivity index (χ3v) is 4.90. The van der Waals surface area contributed by atoms with Crippen molar-refractivity contribution in [3.63, 3.8) is 0 Å². The summed E-state index contributed by atoms with van der Waals surface area (Å²) in [6.45, 7) is 1.76. The molecule has 27 heavy (non-hydrogen) atoms. The first kappa shape index (κ1) is 17.8. The molecular weight excluding hydrogens is 340 g/mol. The van der Waals surface area contributed by atoms with Crippen LogP contribution < -0.4 is 10.1 Å². The van der Waals surface area contributed by atoms with Gasteiger partial charge < -0.3 is 14.8 Å². The molecule has 1 N–H and O–H groups in total. The number of nitrogens with one attached hydrogen (secondary N) is 1. The highest BCUT2D eigenvalue weighted by molar-refractivity contribution is 5.78. The largest absolute Gasteiger partial charge is 0.489 e. The van der Waals surface area contributed by atoms with E-state index in [2.05, 4.69) is 46.8 Å². The standard InChI is InChI=1S/C21H26N4O2/c1-24(2)25-15-27-21(23-25)13-22-20-12-19(20)17-8-10-18(11-9-17)26-14-16-6-4-3-5-7-16/h3-11,19-20,22H,12-15H2,1-2H3. The Morgan fingerprint density at radius 1 is 1.15 bits per heavy atom. The molecule has 2 aromatic carbocycles. The molecular formula is C21H26N4O2. The first-order valence-corrected chi connectivity index (χ1v) is 9.34. The molecule has 6 heteroatoms. The van der Waals surface area contributed by atoms with Gasteiger partial charge >= 0.3 is 0 Å². The molecule has 0 saturated heterocycles. The Balaban J connectivity index is 1.23. The monoisotopic (exact) mass is 366 g/mol. The topological polar surface area (TPSA) is 49.3 Å². The van der Waals surface area contributed by atoms with Crippen LogP contribution in [0, 0.1) is 0 Å². The fourth-order valence-electron chi connectivity index (χ4n) is 3.17. The molecule has 1 aliphatic heterocycles. The first-order valence-electron chi connectivity index (χ1n) is 9.34.